The number of hydrogen-bond acceptors (Lipinski definition) is 8. The molecule has 2 aromatic carbocycles. The van der Waals surface area contributed by atoms with Gasteiger partial charge in [0, 0.05) is 24.9 Å². The Hall–Kier alpha value is -3.25. The fourth-order valence-corrected chi connectivity index (χ4v) is 4.27. The van der Waals surface area contributed by atoms with Gasteiger partial charge in [0.05, 0.1) is 6.04 Å². The maximum Gasteiger partial charge on any atom is 0.507 e. The Morgan fingerprint density at radius 2 is 1.61 bits per heavy atom. The maximum atomic E-state index is 13.5. The van der Waals surface area contributed by atoms with Crippen LogP contribution in [0.1, 0.15) is 30.9 Å². The van der Waals surface area contributed by atoms with Crippen molar-refractivity contribution in [2.45, 2.75) is 50.9 Å². The lowest BCUT2D eigenvalue weighted by Gasteiger charge is -2.33. The highest BCUT2D eigenvalue weighted by molar-refractivity contribution is 5.90. The van der Waals surface area contributed by atoms with Gasteiger partial charge < -0.3 is 41.7 Å². The molecule has 0 fully saturated rings. The van der Waals surface area contributed by atoms with Gasteiger partial charge in [-0.3, -0.25) is 9.59 Å². The number of amides is 2. The summed E-state index contributed by atoms with van der Waals surface area (Å²) in [6, 6.07) is 7.55. The Bertz CT molecular complexity index is 1130. The van der Waals surface area contributed by atoms with Gasteiger partial charge in [0.25, 0.3) is 0 Å². The highest BCUT2D eigenvalue weighted by Gasteiger charge is 2.33. The SMILES string of the molecule is CCN1C(=O)[C@H](CCCN)NC(=O)[C@@H](N)Cc2cc(ccc2O)-c2ccc(O)c(c2)C[C@@H]1OC(=O)O.Cl.Cl. The van der Waals surface area contributed by atoms with Crippen LogP contribution < -0.4 is 16.8 Å². The van der Waals surface area contributed by atoms with Gasteiger partial charge in [-0.05, 0) is 67.3 Å². The molecule has 3 rings (SSSR count). The zero-order valence-electron chi connectivity index (χ0n) is 20.8. The predicted molar refractivity (Wildman–Crippen MR) is 146 cm³/mol. The summed E-state index contributed by atoms with van der Waals surface area (Å²) < 4.78 is 5.08. The van der Waals surface area contributed by atoms with E-state index in [2.05, 4.69) is 5.32 Å². The van der Waals surface area contributed by atoms with E-state index in [-0.39, 0.29) is 68.7 Å². The van der Waals surface area contributed by atoms with Crippen LogP contribution in [0.4, 0.5) is 4.79 Å². The molecule has 2 aromatic rings. The second-order valence-electron chi connectivity index (χ2n) is 8.66. The molecule has 0 radical (unpaired) electrons. The maximum absolute atomic E-state index is 13.5. The predicted octanol–water partition coefficient (Wildman–Crippen LogP) is 2.13. The summed E-state index contributed by atoms with van der Waals surface area (Å²) in [6.45, 7) is 2.00. The van der Waals surface area contributed by atoms with Crippen molar-refractivity contribution in [3.8, 4) is 22.6 Å². The molecule has 4 bridgehead atoms. The van der Waals surface area contributed by atoms with Gasteiger partial charge in [0.2, 0.25) is 11.8 Å². The van der Waals surface area contributed by atoms with Crippen LogP contribution in [0.25, 0.3) is 11.1 Å². The van der Waals surface area contributed by atoms with Crippen LogP contribution in [0.3, 0.4) is 0 Å². The number of rotatable bonds is 5. The first-order valence-corrected chi connectivity index (χ1v) is 11.7. The smallest absolute Gasteiger partial charge is 0.507 e. The molecule has 0 aliphatic carbocycles. The van der Waals surface area contributed by atoms with E-state index in [1.54, 1.807) is 31.2 Å². The minimum atomic E-state index is -1.59. The van der Waals surface area contributed by atoms with E-state index in [0.29, 0.717) is 28.7 Å². The third kappa shape index (κ3) is 7.87. The molecule has 11 nitrogen and oxygen atoms in total. The molecule has 1 heterocycles. The van der Waals surface area contributed by atoms with Crippen LogP contribution in [0.2, 0.25) is 0 Å². The number of benzene rings is 2. The van der Waals surface area contributed by atoms with Crippen molar-refractivity contribution in [1.82, 2.24) is 10.2 Å². The van der Waals surface area contributed by atoms with Crippen LogP contribution >= 0.6 is 24.8 Å². The van der Waals surface area contributed by atoms with Gasteiger partial charge in [-0.25, -0.2) is 4.79 Å². The van der Waals surface area contributed by atoms with E-state index in [1.165, 1.54) is 17.0 Å². The first kappa shape index (κ1) is 32.8. The number of carbonyl (C=O) groups is 3. The van der Waals surface area contributed by atoms with Crippen molar-refractivity contribution in [2.75, 3.05) is 13.1 Å². The van der Waals surface area contributed by atoms with Crippen molar-refractivity contribution >= 4 is 42.8 Å². The molecule has 0 saturated carbocycles. The summed E-state index contributed by atoms with van der Waals surface area (Å²) in [6.07, 6.45) is -2.37. The van der Waals surface area contributed by atoms with E-state index < -0.39 is 36.3 Å². The van der Waals surface area contributed by atoms with Gasteiger partial charge in [-0.2, -0.15) is 0 Å². The van der Waals surface area contributed by atoms with Gasteiger partial charge >= 0.3 is 6.16 Å². The molecule has 0 aromatic heterocycles. The summed E-state index contributed by atoms with van der Waals surface area (Å²) in [5.74, 6) is -1.30. The second kappa shape index (κ2) is 14.6. The highest BCUT2D eigenvalue weighted by Crippen LogP contribution is 2.31. The summed E-state index contributed by atoms with van der Waals surface area (Å²) in [7, 11) is 0. The van der Waals surface area contributed by atoms with E-state index >= 15 is 0 Å². The first-order valence-electron chi connectivity index (χ1n) is 11.7. The van der Waals surface area contributed by atoms with Crippen molar-refractivity contribution in [2.24, 2.45) is 11.5 Å². The lowest BCUT2D eigenvalue weighted by Crippen LogP contribution is -2.56. The molecular formula is C25H34Cl2N4O7. The molecule has 13 heteroatoms. The number of ether oxygens (including phenoxy) is 1. The number of carboxylic acid groups (broad SMARTS) is 1. The van der Waals surface area contributed by atoms with E-state index in [9.17, 15) is 29.7 Å². The van der Waals surface area contributed by atoms with Crippen LogP contribution in [0.15, 0.2) is 36.4 Å². The van der Waals surface area contributed by atoms with Crippen molar-refractivity contribution in [3.63, 3.8) is 0 Å². The molecule has 0 unspecified atom stereocenters. The Morgan fingerprint density at radius 1 is 1.05 bits per heavy atom. The molecule has 8 N–H and O–H groups in total. The molecule has 1 aliphatic heterocycles. The summed E-state index contributed by atoms with van der Waals surface area (Å²) >= 11 is 0. The fraction of sp³-hybridized carbons (Fsp3) is 0.400. The lowest BCUT2D eigenvalue weighted by molar-refractivity contribution is -0.146. The zero-order chi connectivity index (χ0) is 26.4. The average molecular weight is 573 g/mol. The highest BCUT2D eigenvalue weighted by atomic mass is 35.5. The first-order chi connectivity index (χ1) is 17.1. The Labute approximate surface area is 233 Å². The summed E-state index contributed by atoms with van der Waals surface area (Å²) in [5.41, 5.74) is 13.9. The quantitative estimate of drug-likeness (QED) is 0.291. The molecular weight excluding hydrogens is 539 g/mol. The number of fused-ring (bicyclic) bond motifs is 5. The van der Waals surface area contributed by atoms with Gasteiger partial charge in [0.15, 0.2) is 6.23 Å². The van der Waals surface area contributed by atoms with E-state index in [1.807, 2.05) is 0 Å². The van der Waals surface area contributed by atoms with Crippen molar-refractivity contribution < 1.29 is 34.4 Å². The minimum absolute atomic E-state index is 0. The van der Waals surface area contributed by atoms with Crippen molar-refractivity contribution in [1.29, 1.82) is 0 Å². The standard InChI is InChI=1S/C25H32N4O7.2ClH/c1-2-29-22(36-25(34)35)13-17-11-15(6-8-21(17)31)14-5-7-20(30)16(10-14)12-18(27)23(32)28-19(24(29)33)4-3-9-26;;/h5-8,10-11,18-19,22,30-31H,2-4,9,12-13,26-27H2,1H3,(H,28,32)(H,34,35);2*1H/t18-,19-,22-;;/m0../s1. The number of nitrogens with one attached hydrogen (secondary N) is 1. The number of hydrogen-bond donors (Lipinski definition) is 6. The van der Waals surface area contributed by atoms with Crippen LogP contribution in [-0.4, -0.2) is 69.6 Å². The monoisotopic (exact) mass is 572 g/mol. The van der Waals surface area contributed by atoms with Gasteiger partial charge in [-0.1, -0.05) is 12.1 Å². The van der Waals surface area contributed by atoms with Crippen LogP contribution in [-0.2, 0) is 27.2 Å². The topological polar surface area (TPSA) is 188 Å². The normalized spacial score (nSPS) is 19.7. The number of likely N-dealkylation sites (N-methyl/N-ethyl adjacent to an activating group) is 1. The molecule has 210 valence electrons. The molecule has 2 amide bonds. The summed E-state index contributed by atoms with van der Waals surface area (Å²) in [4.78, 5) is 39.2. The number of aromatic hydroxyl groups is 2. The number of carbonyl (C=O) groups excluding carboxylic acids is 2. The Morgan fingerprint density at radius 3 is 2.11 bits per heavy atom. The average Bonchev–Trinajstić information content (AvgIpc) is 2.83. The Kier molecular flexibility index (Phi) is 12.6. The largest absolute Gasteiger partial charge is 0.508 e. The van der Waals surface area contributed by atoms with E-state index in [0.717, 1.165) is 0 Å². The van der Waals surface area contributed by atoms with Gasteiger partial charge in [0.1, 0.15) is 17.5 Å². The number of nitrogens with zero attached hydrogens (tertiary/aromatic N) is 1. The van der Waals surface area contributed by atoms with Crippen LogP contribution in [0, 0.1) is 0 Å². The number of phenols is 2. The second-order valence-corrected chi connectivity index (χ2v) is 8.66. The summed E-state index contributed by atoms with van der Waals surface area (Å²) in [5, 5.41) is 32.9. The lowest BCUT2D eigenvalue weighted by atomic mass is 9.96. The third-order valence-corrected chi connectivity index (χ3v) is 6.18. The minimum Gasteiger partial charge on any atom is -0.508 e. The Balaban J connectivity index is 0.00000361. The molecule has 0 spiro atoms. The third-order valence-electron chi connectivity index (χ3n) is 6.18. The number of nitrogens with two attached hydrogens (primary N) is 2. The van der Waals surface area contributed by atoms with Crippen molar-refractivity contribution in [3.05, 3.63) is 47.5 Å². The van der Waals surface area contributed by atoms with E-state index in [4.69, 9.17) is 16.2 Å². The zero-order valence-corrected chi connectivity index (χ0v) is 22.5. The number of phenolic OH excluding ortho intramolecular Hbond substituents is 2. The molecule has 38 heavy (non-hydrogen) atoms. The van der Waals surface area contributed by atoms with Crippen LogP contribution in [0.5, 0.6) is 11.5 Å². The van der Waals surface area contributed by atoms with Gasteiger partial charge in [-0.15, -0.1) is 24.8 Å². The number of halogens is 2. The molecule has 0 saturated heterocycles. The fourth-order valence-electron chi connectivity index (χ4n) is 4.27. The molecule has 3 atom stereocenters. The molecule has 1 aliphatic rings.